The van der Waals surface area contributed by atoms with E-state index in [1.165, 1.54) is 141 Å². The highest BCUT2D eigenvalue weighted by Crippen LogP contribution is 2.63. The fourth-order valence-corrected chi connectivity index (χ4v) is 16.2. The van der Waals surface area contributed by atoms with Crippen molar-refractivity contribution in [1.29, 1.82) is 0 Å². The van der Waals surface area contributed by atoms with Gasteiger partial charge in [-0.15, -0.1) is 0 Å². The number of furan rings is 2. The minimum Gasteiger partial charge on any atom is -0.454 e. The van der Waals surface area contributed by atoms with Gasteiger partial charge in [0.2, 0.25) is 0 Å². The van der Waals surface area contributed by atoms with Crippen molar-refractivity contribution in [2.24, 2.45) is 0 Å². The van der Waals surface area contributed by atoms with Crippen molar-refractivity contribution in [2.45, 2.75) is 95.3 Å². The van der Waals surface area contributed by atoms with Crippen molar-refractivity contribution in [1.82, 2.24) is 0 Å². The maximum atomic E-state index is 7.44. The highest BCUT2D eigenvalue weighted by atomic mass is 16.3. The molecule has 0 amide bonds. The number of anilines is 6. The first kappa shape index (κ1) is 51.8. The zero-order chi connectivity index (χ0) is 57.7. The summed E-state index contributed by atoms with van der Waals surface area (Å²) in [6, 6.07) is 91.7. The summed E-state index contributed by atoms with van der Waals surface area (Å²) in [6.45, 7) is 4.36. The molecule has 3 aliphatic rings. The van der Waals surface area contributed by atoms with Crippen LogP contribution >= 0.6 is 0 Å². The second-order valence-corrected chi connectivity index (χ2v) is 25.2. The van der Waals surface area contributed by atoms with Gasteiger partial charge in [-0.2, -0.15) is 0 Å². The van der Waals surface area contributed by atoms with E-state index in [4.69, 9.17) is 8.83 Å². The van der Waals surface area contributed by atoms with Crippen molar-refractivity contribution < 1.29 is 8.83 Å². The molecule has 0 bridgehead atoms. The summed E-state index contributed by atoms with van der Waals surface area (Å²) in [5.41, 5.74) is 21.9. The SMILES string of the molecule is Cc1ccc(N(c2cc3c(c4ccccc24)-c2c(cc(N(c4ccc(C)cc4)c4cccc5c4oc4c(C6CCCCC6)cccc45)c4ccccc24)C3(c2ccccc2)c2ccccc2)c2cccc3c2oc2c(C4CCCCC4)cccc23)cc1. The van der Waals surface area contributed by atoms with Crippen LogP contribution in [0.2, 0.25) is 0 Å². The van der Waals surface area contributed by atoms with Gasteiger partial charge in [0.1, 0.15) is 11.2 Å². The number of nitrogens with zero attached hydrogens (tertiary/aromatic N) is 2. The Hall–Kier alpha value is -9.64. The van der Waals surface area contributed by atoms with Crippen LogP contribution in [0.4, 0.5) is 34.1 Å². The fourth-order valence-electron chi connectivity index (χ4n) is 16.2. The summed E-state index contributed by atoms with van der Waals surface area (Å²) in [5.74, 6) is 0.981. The van der Waals surface area contributed by atoms with E-state index in [2.05, 4.69) is 266 Å². The molecule has 2 saturated carbocycles. The molecular weight excluding hydrogens is 1060 g/mol. The summed E-state index contributed by atoms with van der Waals surface area (Å²) in [4.78, 5) is 5.01. The normalized spacial score (nSPS) is 15.2. The molecule has 4 nitrogen and oxygen atoms in total. The van der Waals surface area contributed by atoms with Crippen LogP contribution in [0.15, 0.2) is 251 Å². The summed E-state index contributed by atoms with van der Waals surface area (Å²) in [5, 5.41) is 9.36. The van der Waals surface area contributed by atoms with Crippen molar-refractivity contribution >= 4 is 99.5 Å². The number of hydrogen-bond acceptors (Lipinski definition) is 4. The molecule has 4 heteroatoms. The molecule has 0 radical (unpaired) electrons. The van der Waals surface area contributed by atoms with Crippen LogP contribution < -0.4 is 9.80 Å². The molecule has 422 valence electrons. The summed E-state index contributed by atoms with van der Waals surface area (Å²) in [7, 11) is 0. The smallest absolute Gasteiger partial charge is 0.159 e. The first-order valence-electron chi connectivity index (χ1n) is 31.9. The lowest BCUT2D eigenvalue weighted by Gasteiger charge is -2.36. The Labute approximate surface area is 508 Å². The molecule has 0 aliphatic heterocycles. The molecule has 2 aromatic heterocycles. The molecule has 0 saturated heterocycles. The van der Waals surface area contributed by atoms with Gasteiger partial charge in [0, 0.05) is 43.7 Å². The van der Waals surface area contributed by atoms with Crippen molar-refractivity contribution in [3.05, 3.63) is 287 Å². The molecule has 0 atom stereocenters. The molecule has 87 heavy (non-hydrogen) atoms. The number of rotatable bonds is 10. The van der Waals surface area contributed by atoms with E-state index >= 15 is 0 Å². The van der Waals surface area contributed by atoms with E-state index in [1.807, 2.05) is 0 Å². The highest BCUT2D eigenvalue weighted by molar-refractivity contribution is 6.20. The third-order valence-electron chi connectivity index (χ3n) is 20.2. The molecule has 14 aromatic rings. The van der Waals surface area contributed by atoms with Crippen LogP contribution in [0.1, 0.15) is 121 Å². The Kier molecular flexibility index (Phi) is 12.4. The number of para-hydroxylation sites is 4. The van der Waals surface area contributed by atoms with Crippen LogP contribution in [0, 0.1) is 13.8 Å². The summed E-state index contributed by atoms with van der Waals surface area (Å²) in [6.07, 6.45) is 12.5. The molecule has 0 spiro atoms. The largest absolute Gasteiger partial charge is 0.454 e. The average molecular weight is 1130 g/mol. The van der Waals surface area contributed by atoms with Gasteiger partial charge in [0.05, 0.1) is 28.2 Å². The fraction of sp³-hybridized carbons (Fsp3) is 0.181. The van der Waals surface area contributed by atoms with Crippen LogP contribution in [0.3, 0.4) is 0 Å². The maximum absolute atomic E-state index is 7.44. The maximum Gasteiger partial charge on any atom is 0.159 e. The van der Waals surface area contributed by atoms with Gasteiger partial charge in [-0.1, -0.05) is 244 Å². The van der Waals surface area contributed by atoms with Gasteiger partial charge in [0.25, 0.3) is 0 Å². The molecule has 2 heterocycles. The first-order valence-corrected chi connectivity index (χ1v) is 31.9. The van der Waals surface area contributed by atoms with Crippen molar-refractivity contribution in [3.8, 4) is 11.1 Å². The molecule has 0 unspecified atom stereocenters. The van der Waals surface area contributed by atoms with Crippen LogP contribution in [0.25, 0.3) is 76.5 Å². The second-order valence-electron chi connectivity index (χ2n) is 25.2. The van der Waals surface area contributed by atoms with Gasteiger partial charge < -0.3 is 18.6 Å². The molecular formula is C83H68N2O2. The predicted molar refractivity (Wildman–Crippen MR) is 364 cm³/mol. The molecule has 2 fully saturated rings. The minimum atomic E-state index is -0.816. The standard InChI is InChI=1S/C83H68N2O2/c1-53-43-47-59(48-44-53)84(73-41-21-39-69-67-37-19-35-61(79(67)86-81(69)73)55-23-7-3-8-24-55)75-51-71-77(65-33-17-15-31-63(65)75)78-66-34-18-16-32-64(66)76(52-72(78)83(71,57-27-11-5-12-28-57)58-29-13-6-14-30-58)85(60-49-45-54(2)46-50-60)74-42-22-40-70-68-38-20-36-62(80(68)87-82(70)74)56-25-9-4-10-26-56/h5-6,11-22,27-52,55-56H,3-4,7-10,23-26H2,1-2H3. The lowest BCUT2D eigenvalue weighted by Crippen LogP contribution is -2.29. The third kappa shape index (κ3) is 8.10. The van der Waals surface area contributed by atoms with E-state index in [-0.39, 0.29) is 0 Å². The first-order chi connectivity index (χ1) is 43.0. The average Bonchev–Trinajstić information content (AvgIpc) is 2.39. The molecule has 17 rings (SSSR count). The minimum absolute atomic E-state index is 0.491. The van der Waals surface area contributed by atoms with Crippen LogP contribution in [0.5, 0.6) is 0 Å². The van der Waals surface area contributed by atoms with E-state index in [9.17, 15) is 0 Å². The molecule has 12 aromatic carbocycles. The van der Waals surface area contributed by atoms with Gasteiger partial charge in [-0.25, -0.2) is 0 Å². The second kappa shape index (κ2) is 20.8. The van der Waals surface area contributed by atoms with Gasteiger partial charge in [-0.05, 0) is 155 Å². The lowest BCUT2D eigenvalue weighted by atomic mass is 9.67. The zero-order valence-corrected chi connectivity index (χ0v) is 49.5. The highest BCUT2D eigenvalue weighted by Gasteiger charge is 2.49. The Morgan fingerprint density at radius 1 is 0.310 bits per heavy atom. The van der Waals surface area contributed by atoms with Gasteiger partial charge >= 0.3 is 0 Å². The Balaban J connectivity index is 0.974. The summed E-state index contributed by atoms with van der Waals surface area (Å²) < 4.78 is 14.9. The lowest BCUT2D eigenvalue weighted by molar-refractivity contribution is 0.442. The van der Waals surface area contributed by atoms with Crippen molar-refractivity contribution in [3.63, 3.8) is 0 Å². The monoisotopic (exact) mass is 1120 g/mol. The Morgan fingerprint density at radius 3 is 1.06 bits per heavy atom. The number of benzene rings is 12. The predicted octanol–water partition coefficient (Wildman–Crippen LogP) is 23.8. The van der Waals surface area contributed by atoms with Crippen LogP contribution in [-0.2, 0) is 5.41 Å². The van der Waals surface area contributed by atoms with E-state index in [1.54, 1.807) is 0 Å². The van der Waals surface area contributed by atoms with Gasteiger partial charge in [-0.3, -0.25) is 0 Å². The quantitative estimate of drug-likeness (QED) is 0.137. The van der Waals surface area contributed by atoms with E-state index in [0.29, 0.717) is 11.8 Å². The number of fused-ring (bicyclic) bond motifs is 13. The Morgan fingerprint density at radius 2 is 0.655 bits per heavy atom. The van der Waals surface area contributed by atoms with Gasteiger partial charge in [0.15, 0.2) is 11.2 Å². The third-order valence-corrected chi connectivity index (χ3v) is 20.2. The molecule has 0 N–H and O–H groups in total. The zero-order valence-electron chi connectivity index (χ0n) is 49.5. The van der Waals surface area contributed by atoms with Crippen LogP contribution in [-0.4, -0.2) is 0 Å². The van der Waals surface area contributed by atoms with E-state index < -0.39 is 5.41 Å². The number of hydrogen-bond donors (Lipinski definition) is 0. The number of aryl methyl sites for hydroxylation is 2. The van der Waals surface area contributed by atoms with E-state index in [0.717, 1.165) is 78.0 Å². The molecule has 3 aliphatic carbocycles. The topological polar surface area (TPSA) is 32.8 Å². The summed E-state index contributed by atoms with van der Waals surface area (Å²) >= 11 is 0. The Bertz CT molecular complexity index is 4650. The van der Waals surface area contributed by atoms with Crippen molar-refractivity contribution in [2.75, 3.05) is 9.80 Å².